The average molecular weight is 264 g/mol. The van der Waals surface area contributed by atoms with Crippen molar-refractivity contribution in [1.29, 1.82) is 0 Å². The Bertz CT molecular complexity index is 514. The Balaban J connectivity index is 2.22. The van der Waals surface area contributed by atoms with E-state index in [1.165, 1.54) is 0 Å². The third kappa shape index (κ3) is 2.85. The Kier molecular flexibility index (Phi) is 3.92. The van der Waals surface area contributed by atoms with E-state index in [0.29, 0.717) is 5.92 Å². The number of benzene rings is 1. The highest BCUT2D eigenvalue weighted by molar-refractivity contribution is 6.30. The number of nitrogens with one attached hydrogen (secondary N) is 2. The number of nitrogens with zero attached hydrogens (tertiary/aromatic N) is 1. The summed E-state index contributed by atoms with van der Waals surface area (Å²) in [6.45, 7) is 7.34. The Morgan fingerprint density at radius 2 is 1.94 bits per heavy atom. The SMILES string of the molecule is Cc1c(NCC(C)C)n[nH]c1-c1ccc(Cl)cc1. The lowest BCUT2D eigenvalue weighted by Gasteiger charge is -2.07. The minimum Gasteiger partial charge on any atom is -0.368 e. The molecule has 0 aliphatic carbocycles. The van der Waals surface area contributed by atoms with Crippen molar-refractivity contribution in [3.8, 4) is 11.3 Å². The standard InChI is InChI=1S/C14H18ClN3/c1-9(2)8-16-14-10(3)13(17-18-14)11-4-6-12(15)7-5-11/h4-7,9H,8H2,1-3H3,(H2,16,17,18). The number of aromatic nitrogens is 2. The highest BCUT2D eigenvalue weighted by atomic mass is 35.5. The summed E-state index contributed by atoms with van der Waals surface area (Å²) in [5.41, 5.74) is 3.28. The fourth-order valence-electron chi connectivity index (χ4n) is 1.77. The van der Waals surface area contributed by atoms with Crippen molar-refractivity contribution in [2.75, 3.05) is 11.9 Å². The number of aromatic amines is 1. The van der Waals surface area contributed by atoms with Crippen molar-refractivity contribution in [1.82, 2.24) is 10.2 Å². The maximum Gasteiger partial charge on any atom is 0.151 e. The van der Waals surface area contributed by atoms with Crippen molar-refractivity contribution >= 4 is 17.4 Å². The van der Waals surface area contributed by atoms with E-state index in [0.717, 1.165) is 34.2 Å². The zero-order valence-corrected chi connectivity index (χ0v) is 11.7. The fourth-order valence-corrected chi connectivity index (χ4v) is 1.89. The van der Waals surface area contributed by atoms with Crippen LogP contribution in [0.4, 0.5) is 5.82 Å². The van der Waals surface area contributed by atoms with Gasteiger partial charge in [-0.15, -0.1) is 0 Å². The molecule has 0 aliphatic rings. The van der Waals surface area contributed by atoms with Gasteiger partial charge in [-0.2, -0.15) is 5.10 Å². The predicted octanol–water partition coefficient (Wildman–Crippen LogP) is 4.11. The first-order valence-corrected chi connectivity index (χ1v) is 6.50. The van der Waals surface area contributed by atoms with Crippen LogP contribution in [0.3, 0.4) is 0 Å². The fraction of sp³-hybridized carbons (Fsp3) is 0.357. The van der Waals surface area contributed by atoms with Crippen LogP contribution in [0.5, 0.6) is 0 Å². The molecule has 3 nitrogen and oxygen atoms in total. The molecule has 2 N–H and O–H groups in total. The molecule has 0 bridgehead atoms. The summed E-state index contributed by atoms with van der Waals surface area (Å²) >= 11 is 5.89. The Labute approximate surface area is 113 Å². The van der Waals surface area contributed by atoms with Crippen molar-refractivity contribution in [2.45, 2.75) is 20.8 Å². The molecule has 0 fully saturated rings. The van der Waals surface area contributed by atoms with E-state index in [1.54, 1.807) is 0 Å². The van der Waals surface area contributed by atoms with Gasteiger partial charge in [-0.3, -0.25) is 5.10 Å². The Morgan fingerprint density at radius 3 is 2.56 bits per heavy atom. The summed E-state index contributed by atoms with van der Waals surface area (Å²) in [4.78, 5) is 0. The molecule has 2 rings (SSSR count). The number of hydrogen-bond acceptors (Lipinski definition) is 2. The maximum atomic E-state index is 5.89. The first kappa shape index (κ1) is 13.0. The second-order valence-electron chi connectivity index (χ2n) is 4.85. The molecule has 0 atom stereocenters. The summed E-state index contributed by atoms with van der Waals surface area (Å²) in [6.07, 6.45) is 0. The summed E-state index contributed by atoms with van der Waals surface area (Å²) in [5, 5.41) is 11.5. The van der Waals surface area contributed by atoms with Gasteiger partial charge in [-0.25, -0.2) is 0 Å². The van der Waals surface area contributed by atoms with Gasteiger partial charge in [0, 0.05) is 17.1 Å². The normalized spacial score (nSPS) is 10.9. The zero-order chi connectivity index (χ0) is 13.1. The van der Waals surface area contributed by atoms with Crippen molar-refractivity contribution in [3.05, 3.63) is 34.9 Å². The monoisotopic (exact) mass is 263 g/mol. The number of hydrogen-bond donors (Lipinski definition) is 2. The van der Waals surface area contributed by atoms with Crippen LogP contribution < -0.4 is 5.32 Å². The molecule has 1 aromatic heterocycles. The summed E-state index contributed by atoms with van der Waals surface area (Å²) < 4.78 is 0. The highest BCUT2D eigenvalue weighted by Gasteiger charge is 2.10. The van der Waals surface area contributed by atoms with Crippen LogP contribution in [0.1, 0.15) is 19.4 Å². The van der Waals surface area contributed by atoms with Gasteiger partial charge in [-0.05, 0) is 30.5 Å². The number of anilines is 1. The average Bonchev–Trinajstić information content (AvgIpc) is 2.69. The third-order valence-corrected chi connectivity index (χ3v) is 3.07. The van der Waals surface area contributed by atoms with E-state index < -0.39 is 0 Å². The zero-order valence-electron chi connectivity index (χ0n) is 10.9. The molecule has 0 saturated heterocycles. The molecule has 0 aliphatic heterocycles. The molecule has 0 saturated carbocycles. The molecule has 2 aromatic rings. The van der Waals surface area contributed by atoms with Crippen molar-refractivity contribution < 1.29 is 0 Å². The van der Waals surface area contributed by atoms with Gasteiger partial charge in [0.05, 0.1) is 5.69 Å². The first-order valence-electron chi connectivity index (χ1n) is 6.12. The van der Waals surface area contributed by atoms with E-state index >= 15 is 0 Å². The Morgan fingerprint density at radius 1 is 1.28 bits per heavy atom. The molecule has 18 heavy (non-hydrogen) atoms. The quantitative estimate of drug-likeness (QED) is 0.872. The van der Waals surface area contributed by atoms with Crippen LogP contribution in [0.15, 0.2) is 24.3 Å². The van der Waals surface area contributed by atoms with Crippen molar-refractivity contribution in [3.63, 3.8) is 0 Å². The van der Waals surface area contributed by atoms with Crippen LogP contribution in [-0.2, 0) is 0 Å². The lowest BCUT2D eigenvalue weighted by atomic mass is 10.1. The maximum absolute atomic E-state index is 5.89. The van der Waals surface area contributed by atoms with E-state index in [-0.39, 0.29) is 0 Å². The van der Waals surface area contributed by atoms with E-state index in [1.807, 2.05) is 24.3 Å². The minimum atomic E-state index is 0.597. The number of halogens is 1. The lowest BCUT2D eigenvalue weighted by Crippen LogP contribution is -2.08. The highest BCUT2D eigenvalue weighted by Crippen LogP contribution is 2.26. The van der Waals surface area contributed by atoms with Gasteiger partial charge >= 0.3 is 0 Å². The van der Waals surface area contributed by atoms with E-state index in [9.17, 15) is 0 Å². The molecule has 4 heteroatoms. The molecule has 1 aromatic carbocycles. The van der Waals surface area contributed by atoms with Crippen LogP contribution in [0, 0.1) is 12.8 Å². The van der Waals surface area contributed by atoms with Gasteiger partial charge in [0.25, 0.3) is 0 Å². The topological polar surface area (TPSA) is 40.7 Å². The van der Waals surface area contributed by atoms with Crippen LogP contribution in [0.25, 0.3) is 11.3 Å². The van der Waals surface area contributed by atoms with Gasteiger partial charge in [-0.1, -0.05) is 37.6 Å². The second kappa shape index (κ2) is 5.44. The van der Waals surface area contributed by atoms with Gasteiger partial charge in [0.1, 0.15) is 0 Å². The molecule has 0 amide bonds. The largest absolute Gasteiger partial charge is 0.368 e. The van der Waals surface area contributed by atoms with Crippen LogP contribution in [0.2, 0.25) is 5.02 Å². The molecule has 0 unspecified atom stereocenters. The van der Waals surface area contributed by atoms with Gasteiger partial charge in [0.2, 0.25) is 0 Å². The first-order chi connectivity index (χ1) is 8.58. The summed E-state index contributed by atoms with van der Waals surface area (Å²) in [7, 11) is 0. The molecule has 96 valence electrons. The molecular formula is C14H18ClN3. The van der Waals surface area contributed by atoms with E-state index in [2.05, 4.69) is 36.3 Å². The molecular weight excluding hydrogens is 246 g/mol. The molecule has 1 heterocycles. The number of H-pyrrole nitrogens is 1. The smallest absolute Gasteiger partial charge is 0.151 e. The van der Waals surface area contributed by atoms with E-state index in [4.69, 9.17) is 11.6 Å². The summed E-state index contributed by atoms with van der Waals surface area (Å²) in [5.74, 6) is 1.52. The van der Waals surface area contributed by atoms with Gasteiger partial charge in [0.15, 0.2) is 5.82 Å². The summed E-state index contributed by atoms with van der Waals surface area (Å²) in [6, 6.07) is 7.76. The van der Waals surface area contributed by atoms with Crippen molar-refractivity contribution in [2.24, 2.45) is 5.92 Å². The van der Waals surface area contributed by atoms with Crippen LogP contribution in [-0.4, -0.2) is 16.7 Å². The minimum absolute atomic E-state index is 0.597. The Hall–Kier alpha value is -1.48. The van der Waals surface area contributed by atoms with Crippen LogP contribution >= 0.6 is 11.6 Å². The molecule has 0 spiro atoms. The number of rotatable bonds is 4. The molecule has 0 radical (unpaired) electrons. The lowest BCUT2D eigenvalue weighted by molar-refractivity contribution is 0.686. The third-order valence-electron chi connectivity index (χ3n) is 2.82. The predicted molar refractivity (Wildman–Crippen MR) is 77.1 cm³/mol. The second-order valence-corrected chi connectivity index (χ2v) is 5.29. The van der Waals surface area contributed by atoms with Gasteiger partial charge < -0.3 is 5.32 Å².